The molecule has 0 bridgehead atoms. The second-order valence-electron chi connectivity index (χ2n) is 6.86. The minimum absolute atomic E-state index is 0.0867. The number of carbonyl (C=O) groups excluding carboxylic acids is 1. The van der Waals surface area contributed by atoms with Crippen molar-refractivity contribution in [2.45, 2.75) is 13.1 Å². The van der Waals surface area contributed by atoms with Crippen molar-refractivity contribution < 1.29 is 4.79 Å². The van der Waals surface area contributed by atoms with Gasteiger partial charge in [0.15, 0.2) is 0 Å². The molecule has 2 aromatic carbocycles. The van der Waals surface area contributed by atoms with Crippen LogP contribution in [0.5, 0.6) is 0 Å². The Bertz CT molecular complexity index is 1070. The summed E-state index contributed by atoms with van der Waals surface area (Å²) in [6.45, 7) is 1.11. The van der Waals surface area contributed by atoms with Crippen LogP contribution in [0.25, 0.3) is 0 Å². The van der Waals surface area contributed by atoms with Crippen molar-refractivity contribution in [3.8, 4) is 0 Å². The number of aromatic nitrogens is 2. The maximum absolute atomic E-state index is 13.3. The predicted octanol–water partition coefficient (Wildman–Crippen LogP) is 4.94. The van der Waals surface area contributed by atoms with Crippen molar-refractivity contribution in [1.82, 2.24) is 9.97 Å². The smallest absolute Gasteiger partial charge is 0.260 e. The van der Waals surface area contributed by atoms with Gasteiger partial charge in [0.1, 0.15) is 5.82 Å². The number of benzene rings is 2. The molecule has 0 saturated heterocycles. The van der Waals surface area contributed by atoms with Gasteiger partial charge in [0.25, 0.3) is 5.91 Å². The van der Waals surface area contributed by atoms with Crippen LogP contribution in [-0.4, -0.2) is 15.9 Å². The number of nitrogens with zero attached hydrogens (tertiary/aromatic N) is 3. The molecule has 0 spiro atoms. The molecule has 0 aliphatic heterocycles. The Kier molecular flexibility index (Phi) is 6.11. The Morgan fingerprint density at radius 1 is 0.800 bits per heavy atom. The van der Waals surface area contributed by atoms with Crippen molar-refractivity contribution in [2.75, 3.05) is 10.2 Å². The standard InChI is InChI=1S/C25H22N4O/c30-25(22-13-14-24(28-18-22)27-17-21-10-7-15-26-16-21)29(23-11-5-2-6-12-23)19-20-8-3-1-4-9-20/h1-16,18H,17,19H2,(H,27,28). The van der Waals surface area contributed by atoms with Crippen LogP contribution < -0.4 is 10.2 Å². The van der Waals surface area contributed by atoms with Crippen LogP contribution >= 0.6 is 0 Å². The number of hydrogen-bond donors (Lipinski definition) is 1. The summed E-state index contributed by atoms with van der Waals surface area (Å²) in [4.78, 5) is 23.6. The van der Waals surface area contributed by atoms with Crippen LogP contribution in [0, 0.1) is 0 Å². The van der Waals surface area contributed by atoms with Crippen molar-refractivity contribution in [1.29, 1.82) is 0 Å². The number of hydrogen-bond acceptors (Lipinski definition) is 4. The number of carbonyl (C=O) groups is 1. The van der Waals surface area contributed by atoms with Crippen LogP contribution in [0.15, 0.2) is 104 Å². The van der Waals surface area contributed by atoms with Crippen molar-refractivity contribution in [3.05, 3.63) is 120 Å². The summed E-state index contributed by atoms with van der Waals surface area (Å²) < 4.78 is 0. The largest absolute Gasteiger partial charge is 0.366 e. The highest BCUT2D eigenvalue weighted by Gasteiger charge is 2.18. The molecule has 0 aliphatic carbocycles. The number of pyridine rings is 2. The van der Waals surface area contributed by atoms with Gasteiger partial charge in [-0.2, -0.15) is 0 Å². The molecule has 5 heteroatoms. The molecule has 4 rings (SSSR count). The fraction of sp³-hybridized carbons (Fsp3) is 0.0800. The van der Waals surface area contributed by atoms with E-state index in [1.54, 1.807) is 17.3 Å². The molecule has 0 unspecified atom stereocenters. The first-order valence-corrected chi connectivity index (χ1v) is 9.79. The maximum atomic E-state index is 13.3. The number of anilines is 2. The summed E-state index contributed by atoms with van der Waals surface area (Å²) in [7, 11) is 0. The molecule has 148 valence electrons. The van der Waals surface area contributed by atoms with E-state index in [1.807, 2.05) is 91.1 Å². The van der Waals surface area contributed by atoms with Gasteiger partial charge in [-0.15, -0.1) is 0 Å². The molecule has 1 N–H and O–H groups in total. The number of nitrogens with one attached hydrogen (secondary N) is 1. The number of rotatable bonds is 7. The van der Waals surface area contributed by atoms with Gasteiger partial charge in [-0.1, -0.05) is 54.6 Å². The molecule has 0 fully saturated rings. The van der Waals surface area contributed by atoms with Gasteiger partial charge in [-0.25, -0.2) is 4.98 Å². The van der Waals surface area contributed by atoms with Crippen molar-refractivity contribution in [3.63, 3.8) is 0 Å². The fourth-order valence-corrected chi connectivity index (χ4v) is 3.13. The van der Waals surface area contributed by atoms with Crippen molar-refractivity contribution in [2.24, 2.45) is 0 Å². The second-order valence-corrected chi connectivity index (χ2v) is 6.86. The van der Waals surface area contributed by atoms with E-state index < -0.39 is 0 Å². The molecule has 4 aromatic rings. The number of para-hydroxylation sites is 1. The quantitative estimate of drug-likeness (QED) is 0.483. The highest BCUT2D eigenvalue weighted by Crippen LogP contribution is 2.20. The van der Waals surface area contributed by atoms with Gasteiger partial charge in [-0.05, 0) is 41.5 Å². The first-order chi connectivity index (χ1) is 14.8. The summed E-state index contributed by atoms with van der Waals surface area (Å²) >= 11 is 0. The average Bonchev–Trinajstić information content (AvgIpc) is 2.83. The van der Waals surface area contributed by atoms with Crippen LogP contribution in [0.2, 0.25) is 0 Å². The van der Waals surface area contributed by atoms with Crippen molar-refractivity contribution >= 4 is 17.4 Å². The third-order valence-electron chi connectivity index (χ3n) is 4.70. The molecule has 2 heterocycles. The van der Waals surface area contributed by atoms with Gasteiger partial charge in [0.05, 0.1) is 12.1 Å². The van der Waals surface area contributed by atoms with Crippen LogP contribution in [0.1, 0.15) is 21.5 Å². The minimum Gasteiger partial charge on any atom is -0.366 e. The normalized spacial score (nSPS) is 10.4. The van der Waals surface area contributed by atoms with Gasteiger partial charge >= 0.3 is 0 Å². The fourth-order valence-electron chi connectivity index (χ4n) is 3.13. The topological polar surface area (TPSA) is 58.1 Å². The summed E-state index contributed by atoms with van der Waals surface area (Å²) in [6, 6.07) is 27.2. The lowest BCUT2D eigenvalue weighted by Crippen LogP contribution is -2.30. The van der Waals surface area contributed by atoms with E-state index in [4.69, 9.17) is 0 Å². The Labute approximate surface area is 176 Å². The molecule has 1 amide bonds. The number of amides is 1. The monoisotopic (exact) mass is 394 g/mol. The van der Waals surface area contributed by atoms with Crippen LogP contribution in [0.4, 0.5) is 11.5 Å². The molecule has 0 saturated carbocycles. The summed E-state index contributed by atoms with van der Waals surface area (Å²) in [6.07, 6.45) is 5.18. The summed E-state index contributed by atoms with van der Waals surface area (Å²) in [5.74, 6) is 0.626. The van der Waals surface area contributed by atoms with E-state index in [9.17, 15) is 4.79 Å². The molecule has 0 aliphatic rings. The van der Waals surface area contributed by atoms with E-state index in [0.717, 1.165) is 16.8 Å². The van der Waals surface area contributed by atoms with E-state index in [-0.39, 0.29) is 5.91 Å². The zero-order valence-electron chi connectivity index (χ0n) is 16.5. The average molecular weight is 394 g/mol. The molecular formula is C25H22N4O. The van der Waals surface area contributed by atoms with E-state index in [1.165, 1.54) is 0 Å². The zero-order chi connectivity index (χ0) is 20.6. The first-order valence-electron chi connectivity index (χ1n) is 9.79. The Morgan fingerprint density at radius 2 is 1.53 bits per heavy atom. The van der Waals surface area contributed by atoms with Crippen LogP contribution in [-0.2, 0) is 13.1 Å². The lowest BCUT2D eigenvalue weighted by molar-refractivity contribution is 0.0985. The summed E-state index contributed by atoms with van der Waals surface area (Å²) in [5.41, 5.74) is 3.53. The summed E-state index contributed by atoms with van der Waals surface area (Å²) in [5, 5.41) is 3.25. The molecule has 0 radical (unpaired) electrons. The maximum Gasteiger partial charge on any atom is 0.260 e. The SMILES string of the molecule is O=C(c1ccc(NCc2cccnc2)nc1)N(Cc1ccccc1)c1ccccc1. The molecule has 2 aromatic heterocycles. The lowest BCUT2D eigenvalue weighted by Gasteiger charge is -2.23. The predicted molar refractivity (Wildman–Crippen MR) is 119 cm³/mol. The minimum atomic E-state index is -0.0867. The van der Waals surface area contributed by atoms with E-state index in [0.29, 0.717) is 24.5 Å². The Balaban J connectivity index is 1.51. The lowest BCUT2D eigenvalue weighted by atomic mass is 10.1. The van der Waals surface area contributed by atoms with Gasteiger partial charge in [-0.3, -0.25) is 9.78 Å². The second kappa shape index (κ2) is 9.47. The molecule has 0 atom stereocenters. The van der Waals surface area contributed by atoms with Gasteiger partial charge in [0, 0.05) is 30.8 Å². The Morgan fingerprint density at radius 3 is 2.20 bits per heavy atom. The van der Waals surface area contributed by atoms with E-state index in [2.05, 4.69) is 15.3 Å². The molecule has 30 heavy (non-hydrogen) atoms. The highest BCUT2D eigenvalue weighted by molar-refractivity contribution is 6.05. The molecular weight excluding hydrogens is 372 g/mol. The first kappa shape index (κ1) is 19.3. The third kappa shape index (κ3) is 4.89. The van der Waals surface area contributed by atoms with Crippen LogP contribution in [0.3, 0.4) is 0 Å². The van der Waals surface area contributed by atoms with E-state index >= 15 is 0 Å². The third-order valence-corrected chi connectivity index (χ3v) is 4.70. The highest BCUT2D eigenvalue weighted by atomic mass is 16.2. The molecule has 5 nitrogen and oxygen atoms in total. The van der Waals surface area contributed by atoms with Gasteiger partial charge in [0.2, 0.25) is 0 Å². The zero-order valence-corrected chi connectivity index (χ0v) is 16.5. The Hall–Kier alpha value is -3.99. The van der Waals surface area contributed by atoms with Gasteiger partial charge < -0.3 is 10.2 Å².